The minimum Gasteiger partial charge on any atom is -0.462 e. The van der Waals surface area contributed by atoms with Gasteiger partial charge in [0.25, 0.3) is 0 Å². The fourth-order valence-corrected chi connectivity index (χ4v) is 7.01. The highest BCUT2D eigenvalue weighted by Gasteiger charge is 2.23. The molecule has 2 aliphatic rings. The number of piperazine rings is 1. The van der Waals surface area contributed by atoms with Gasteiger partial charge in [0.15, 0.2) is 5.78 Å². The second-order valence-corrected chi connectivity index (χ2v) is 13.4. The van der Waals surface area contributed by atoms with Crippen LogP contribution in [0.15, 0.2) is 60.7 Å². The van der Waals surface area contributed by atoms with Gasteiger partial charge in [0.2, 0.25) is 0 Å². The van der Waals surface area contributed by atoms with E-state index >= 15 is 0 Å². The molecule has 2 fully saturated rings. The largest absolute Gasteiger partial charge is 0.462 e. The number of ether oxygens (including phenoxy) is 1. The number of ketones is 1. The summed E-state index contributed by atoms with van der Waals surface area (Å²) < 4.78 is 5.03. The molecule has 2 saturated heterocycles. The second-order valence-electron chi connectivity index (χ2n) is 12.6. The number of carbonyl (C=O) groups is 3. The molecule has 0 saturated carbocycles. The summed E-state index contributed by atoms with van der Waals surface area (Å²) in [4.78, 5) is 44.1. The van der Waals surface area contributed by atoms with Crippen LogP contribution in [0.2, 0.25) is 10.0 Å². The van der Waals surface area contributed by atoms with Crippen molar-refractivity contribution in [3.8, 4) is 0 Å². The Kier molecular flexibility index (Phi) is 13.2. The number of aryl methyl sites for hydroxylation is 1. The number of Topliss-reactive ketones (excluding diaryl/α,β-unsaturated/α-hetero) is 1. The Morgan fingerprint density at radius 2 is 1.38 bits per heavy atom. The number of nitrogens with one attached hydrogen (secondary N) is 1. The van der Waals surface area contributed by atoms with Crippen LogP contribution in [0.5, 0.6) is 0 Å². The number of unbranched alkanes of at least 4 members (excludes halogenated alkanes) is 3. The molecule has 0 unspecified atom stereocenters. The van der Waals surface area contributed by atoms with Crippen LogP contribution in [-0.2, 0) is 17.7 Å². The zero-order valence-electron chi connectivity index (χ0n) is 27.8. The zero-order chi connectivity index (χ0) is 33.9. The van der Waals surface area contributed by atoms with Gasteiger partial charge in [-0.05, 0) is 112 Å². The van der Waals surface area contributed by atoms with Crippen molar-refractivity contribution in [1.82, 2.24) is 9.80 Å². The number of amides is 2. The Morgan fingerprint density at radius 3 is 2.02 bits per heavy atom. The number of halogens is 2. The van der Waals surface area contributed by atoms with Crippen LogP contribution in [0, 0.1) is 0 Å². The third-order valence-corrected chi connectivity index (χ3v) is 9.74. The smallest absolute Gasteiger partial charge is 0.338 e. The molecule has 2 heterocycles. The molecule has 8 nitrogen and oxygen atoms in total. The van der Waals surface area contributed by atoms with Gasteiger partial charge < -0.3 is 19.9 Å². The molecule has 2 aliphatic heterocycles. The van der Waals surface area contributed by atoms with E-state index in [-0.39, 0.29) is 17.8 Å². The lowest BCUT2D eigenvalue weighted by Crippen LogP contribution is -2.50. The number of likely N-dealkylation sites (tertiary alicyclic amines) is 1. The van der Waals surface area contributed by atoms with Gasteiger partial charge in [0.1, 0.15) is 0 Å². The van der Waals surface area contributed by atoms with Gasteiger partial charge in [0.05, 0.1) is 27.9 Å². The summed E-state index contributed by atoms with van der Waals surface area (Å²) in [5.74, 6) is -0.121. The zero-order valence-corrected chi connectivity index (χ0v) is 29.3. The Labute approximate surface area is 294 Å². The van der Waals surface area contributed by atoms with Gasteiger partial charge in [-0.15, -0.1) is 0 Å². The first-order valence-corrected chi connectivity index (χ1v) is 18.0. The lowest BCUT2D eigenvalue weighted by molar-refractivity contribution is 0.0526. The van der Waals surface area contributed by atoms with E-state index in [9.17, 15) is 14.4 Å². The minimum absolute atomic E-state index is 0.166. The number of esters is 1. The first-order valence-electron chi connectivity index (χ1n) is 17.2. The Bertz CT molecular complexity index is 1510. The average molecular weight is 694 g/mol. The van der Waals surface area contributed by atoms with E-state index in [1.807, 2.05) is 60.7 Å². The summed E-state index contributed by atoms with van der Waals surface area (Å²) in [6.45, 7) is 7.66. The third-order valence-electron chi connectivity index (χ3n) is 9.14. The van der Waals surface area contributed by atoms with E-state index in [1.54, 1.807) is 11.8 Å². The number of carbonyl (C=O) groups excluding carboxylic acids is 3. The van der Waals surface area contributed by atoms with Crippen molar-refractivity contribution >= 4 is 52.4 Å². The highest BCUT2D eigenvalue weighted by atomic mass is 35.5. The Balaban J connectivity index is 0.994. The number of urea groups is 1. The lowest BCUT2D eigenvalue weighted by atomic mass is 10.0. The van der Waals surface area contributed by atoms with Crippen LogP contribution in [-0.4, -0.2) is 73.5 Å². The molecule has 0 bridgehead atoms. The van der Waals surface area contributed by atoms with Crippen molar-refractivity contribution in [2.75, 3.05) is 56.1 Å². The number of nitrogens with zero attached hydrogens (tertiary/aromatic N) is 3. The number of rotatable bonds is 14. The normalized spacial score (nSPS) is 15.1. The van der Waals surface area contributed by atoms with Gasteiger partial charge in [-0.25, -0.2) is 9.59 Å². The summed E-state index contributed by atoms with van der Waals surface area (Å²) in [7, 11) is 0. The molecule has 10 heteroatoms. The molecular weight excluding hydrogens is 647 g/mol. The highest BCUT2D eigenvalue weighted by molar-refractivity contribution is 6.39. The van der Waals surface area contributed by atoms with E-state index in [0.29, 0.717) is 60.5 Å². The fourth-order valence-electron chi connectivity index (χ4n) is 6.38. The number of hydrogen-bond donors (Lipinski definition) is 1. The summed E-state index contributed by atoms with van der Waals surface area (Å²) in [6, 6.07) is 19.0. The summed E-state index contributed by atoms with van der Waals surface area (Å²) in [5, 5.41) is 3.83. The Hall–Kier alpha value is -3.59. The van der Waals surface area contributed by atoms with Gasteiger partial charge in [-0.1, -0.05) is 48.2 Å². The Morgan fingerprint density at radius 1 is 0.750 bits per heavy atom. The summed E-state index contributed by atoms with van der Waals surface area (Å²) >= 11 is 13.1. The second kappa shape index (κ2) is 17.7. The number of hydrogen-bond acceptors (Lipinski definition) is 6. The van der Waals surface area contributed by atoms with Crippen LogP contribution in [0.1, 0.15) is 83.7 Å². The van der Waals surface area contributed by atoms with Crippen LogP contribution < -0.4 is 10.2 Å². The van der Waals surface area contributed by atoms with Crippen LogP contribution >= 0.6 is 23.2 Å². The maximum Gasteiger partial charge on any atom is 0.338 e. The van der Waals surface area contributed by atoms with Crippen molar-refractivity contribution in [1.29, 1.82) is 0 Å². The quantitative estimate of drug-likeness (QED) is 0.104. The minimum atomic E-state index is -0.286. The maximum absolute atomic E-state index is 13.1. The monoisotopic (exact) mass is 692 g/mol. The highest BCUT2D eigenvalue weighted by Crippen LogP contribution is 2.33. The first-order chi connectivity index (χ1) is 23.3. The molecule has 1 N–H and O–H groups in total. The predicted octanol–water partition coefficient (Wildman–Crippen LogP) is 8.50. The topological polar surface area (TPSA) is 82.2 Å². The molecule has 0 aliphatic carbocycles. The van der Waals surface area contributed by atoms with Crippen LogP contribution in [0.25, 0.3) is 0 Å². The van der Waals surface area contributed by atoms with Gasteiger partial charge in [0, 0.05) is 50.4 Å². The van der Waals surface area contributed by atoms with Crippen molar-refractivity contribution in [2.24, 2.45) is 0 Å². The van der Waals surface area contributed by atoms with Crippen LogP contribution in [0.3, 0.4) is 0 Å². The molecule has 0 atom stereocenters. The first kappa shape index (κ1) is 35.7. The molecule has 2 amide bonds. The number of anilines is 2. The van der Waals surface area contributed by atoms with Crippen LogP contribution in [0.4, 0.5) is 16.2 Å². The van der Waals surface area contributed by atoms with Crippen molar-refractivity contribution < 1.29 is 19.1 Å². The molecule has 0 spiro atoms. The van der Waals surface area contributed by atoms with E-state index in [2.05, 4.69) is 15.1 Å². The van der Waals surface area contributed by atoms with E-state index in [1.165, 1.54) is 18.4 Å². The van der Waals surface area contributed by atoms with E-state index in [0.717, 1.165) is 68.6 Å². The molecule has 0 aromatic heterocycles. The van der Waals surface area contributed by atoms with E-state index < -0.39 is 0 Å². The molecule has 0 radical (unpaired) electrons. The fraction of sp³-hybridized carbons (Fsp3) is 0.447. The van der Waals surface area contributed by atoms with Crippen molar-refractivity contribution in [3.05, 3.63) is 93.0 Å². The SMILES string of the molecule is CCOC(=O)c1ccc(CCCCCCC(=O)c2ccc(N3CCN(C(=O)Nc4c(Cl)cc(CN5CCCC5)cc4Cl)CC3)cc2)cc1. The molecule has 3 aromatic rings. The number of benzene rings is 3. The third kappa shape index (κ3) is 9.97. The summed E-state index contributed by atoms with van der Waals surface area (Å²) in [5.41, 5.74) is 5.07. The standard InChI is InChI=1S/C38H46Cl2N4O4/c1-2-48-37(46)31-13-11-28(12-14-31)9-5-3-4-6-10-35(45)30-15-17-32(18-16-30)43-21-23-44(24-22-43)38(47)41-36-33(39)25-29(26-34(36)40)27-42-19-7-8-20-42/h11-18,25-26H,2-10,19-24,27H2,1H3,(H,41,47). The van der Waals surface area contributed by atoms with Gasteiger partial charge >= 0.3 is 12.0 Å². The van der Waals surface area contributed by atoms with E-state index in [4.69, 9.17) is 27.9 Å². The molecule has 48 heavy (non-hydrogen) atoms. The lowest BCUT2D eigenvalue weighted by Gasteiger charge is -2.36. The maximum atomic E-state index is 13.1. The molecule has 256 valence electrons. The predicted molar refractivity (Wildman–Crippen MR) is 194 cm³/mol. The van der Waals surface area contributed by atoms with Crippen molar-refractivity contribution in [2.45, 2.75) is 64.8 Å². The van der Waals surface area contributed by atoms with Gasteiger partial charge in [-0.2, -0.15) is 0 Å². The molecular formula is C38H46Cl2N4O4. The molecule has 5 rings (SSSR count). The van der Waals surface area contributed by atoms with Gasteiger partial charge in [-0.3, -0.25) is 9.69 Å². The molecule has 3 aromatic carbocycles. The average Bonchev–Trinajstić information content (AvgIpc) is 3.61. The van der Waals surface area contributed by atoms with Crippen molar-refractivity contribution in [3.63, 3.8) is 0 Å². The summed E-state index contributed by atoms with van der Waals surface area (Å²) in [6.07, 6.45) is 7.90.